The summed E-state index contributed by atoms with van der Waals surface area (Å²) in [6.07, 6.45) is 3.48. The zero-order valence-electron chi connectivity index (χ0n) is 24.5. The lowest BCUT2D eigenvalue weighted by Gasteiger charge is -2.45. The van der Waals surface area contributed by atoms with Crippen LogP contribution in [-0.4, -0.2) is 73.6 Å². The number of anilines is 2. The van der Waals surface area contributed by atoms with E-state index < -0.39 is 33.5 Å². The molecule has 1 amide bonds. The van der Waals surface area contributed by atoms with E-state index in [0.717, 1.165) is 18.8 Å². The van der Waals surface area contributed by atoms with E-state index in [1.165, 1.54) is 12.1 Å². The zero-order chi connectivity index (χ0) is 30.5. The molecule has 0 aliphatic carbocycles. The number of esters is 1. The molecular formula is C30H38N6O5S. The van der Waals surface area contributed by atoms with E-state index in [1.54, 1.807) is 69.6 Å². The molecule has 1 fully saturated rings. The van der Waals surface area contributed by atoms with E-state index in [4.69, 9.17) is 4.74 Å². The summed E-state index contributed by atoms with van der Waals surface area (Å²) in [4.78, 5) is 39.2. The van der Waals surface area contributed by atoms with Crippen molar-refractivity contribution in [3.8, 4) is 0 Å². The van der Waals surface area contributed by atoms with Gasteiger partial charge in [-0.15, -0.1) is 0 Å². The quantitative estimate of drug-likeness (QED) is 0.359. The number of amides is 1. The van der Waals surface area contributed by atoms with Crippen molar-refractivity contribution in [2.75, 3.05) is 29.4 Å². The summed E-state index contributed by atoms with van der Waals surface area (Å²) in [5.41, 5.74) is 0.508. The van der Waals surface area contributed by atoms with Crippen molar-refractivity contribution in [3.05, 3.63) is 78.6 Å². The number of hydrogen-bond acceptors (Lipinski definition) is 9. The maximum absolute atomic E-state index is 13.0. The summed E-state index contributed by atoms with van der Waals surface area (Å²) in [7, 11) is -4.04. The molecule has 11 nitrogen and oxygen atoms in total. The molecular weight excluding hydrogens is 556 g/mol. The number of sulfonamides is 1. The minimum atomic E-state index is -4.04. The number of hydrogen-bond donors (Lipinski definition) is 2. The Kier molecular flexibility index (Phi) is 9.47. The minimum absolute atomic E-state index is 0.00115. The molecule has 0 spiro atoms. The Morgan fingerprint density at radius 2 is 1.55 bits per heavy atom. The second-order valence-electron chi connectivity index (χ2n) is 11.3. The summed E-state index contributed by atoms with van der Waals surface area (Å²) in [6, 6.07) is 15.7. The Bertz CT molecular complexity index is 1450. The van der Waals surface area contributed by atoms with E-state index in [-0.39, 0.29) is 23.5 Å². The largest absolute Gasteiger partial charge is 0.459 e. The van der Waals surface area contributed by atoms with E-state index in [0.29, 0.717) is 11.5 Å². The van der Waals surface area contributed by atoms with Gasteiger partial charge in [-0.05, 0) is 77.1 Å². The lowest BCUT2D eigenvalue weighted by Crippen LogP contribution is -2.57. The van der Waals surface area contributed by atoms with Crippen LogP contribution in [0.3, 0.4) is 0 Å². The molecule has 12 heteroatoms. The van der Waals surface area contributed by atoms with Crippen LogP contribution in [-0.2, 0) is 19.6 Å². The first-order valence-electron chi connectivity index (χ1n) is 13.8. The van der Waals surface area contributed by atoms with Gasteiger partial charge in [0.25, 0.3) is 5.91 Å². The maximum Gasteiger partial charge on any atom is 0.326 e. The van der Waals surface area contributed by atoms with Gasteiger partial charge in [0.15, 0.2) is 0 Å². The highest BCUT2D eigenvalue weighted by molar-refractivity contribution is 7.89. The Balaban J connectivity index is 1.41. The number of carbonyl (C=O) groups excluding carboxylic acids is 2. The predicted octanol–water partition coefficient (Wildman–Crippen LogP) is 3.00. The molecule has 0 bridgehead atoms. The van der Waals surface area contributed by atoms with Gasteiger partial charge in [0.1, 0.15) is 11.6 Å². The van der Waals surface area contributed by atoms with Crippen molar-refractivity contribution < 1.29 is 22.7 Å². The number of carbonyl (C=O) groups is 2. The van der Waals surface area contributed by atoms with Crippen LogP contribution in [0.2, 0.25) is 0 Å². The third-order valence-corrected chi connectivity index (χ3v) is 8.19. The van der Waals surface area contributed by atoms with Gasteiger partial charge in [0.05, 0.1) is 4.90 Å². The number of aromatic nitrogens is 2. The third kappa shape index (κ3) is 7.83. The van der Waals surface area contributed by atoms with Crippen molar-refractivity contribution >= 4 is 33.5 Å². The number of nitrogens with one attached hydrogen (secondary N) is 2. The molecule has 0 radical (unpaired) electrons. The smallest absolute Gasteiger partial charge is 0.326 e. The molecule has 1 aliphatic rings. The predicted molar refractivity (Wildman–Crippen MR) is 161 cm³/mol. The Hall–Kier alpha value is -4.03. The van der Waals surface area contributed by atoms with Crippen LogP contribution >= 0.6 is 0 Å². The summed E-state index contributed by atoms with van der Waals surface area (Å²) < 4.78 is 33.6. The number of rotatable bonds is 9. The van der Waals surface area contributed by atoms with Crippen molar-refractivity contribution in [1.29, 1.82) is 0 Å². The van der Waals surface area contributed by atoms with Crippen molar-refractivity contribution in [3.63, 3.8) is 0 Å². The van der Waals surface area contributed by atoms with Gasteiger partial charge in [0, 0.05) is 55.4 Å². The van der Waals surface area contributed by atoms with E-state index >= 15 is 0 Å². The molecule has 0 saturated carbocycles. The Morgan fingerprint density at radius 1 is 0.952 bits per heavy atom. The normalized spacial score (nSPS) is 18.3. The summed E-state index contributed by atoms with van der Waals surface area (Å²) in [5, 5.41) is 2.68. The van der Waals surface area contributed by atoms with Gasteiger partial charge in [-0.2, -0.15) is 4.72 Å². The third-order valence-electron chi connectivity index (χ3n) is 6.71. The molecule has 3 aromatic rings. The number of benzene rings is 2. The fourth-order valence-electron chi connectivity index (χ4n) is 4.87. The van der Waals surface area contributed by atoms with E-state index in [1.807, 2.05) is 12.1 Å². The molecule has 224 valence electrons. The topological polar surface area (TPSA) is 134 Å². The fourth-order valence-corrected chi connectivity index (χ4v) is 6.08. The highest BCUT2D eigenvalue weighted by Crippen LogP contribution is 2.25. The molecule has 3 atom stereocenters. The summed E-state index contributed by atoms with van der Waals surface area (Å²) in [5.74, 6) is -0.525. The van der Waals surface area contributed by atoms with Crippen LogP contribution in [0.5, 0.6) is 0 Å². The Morgan fingerprint density at radius 3 is 2.12 bits per heavy atom. The average molecular weight is 595 g/mol. The maximum atomic E-state index is 13.0. The minimum Gasteiger partial charge on any atom is -0.459 e. The summed E-state index contributed by atoms with van der Waals surface area (Å²) >= 11 is 0. The van der Waals surface area contributed by atoms with Crippen molar-refractivity contribution in [2.24, 2.45) is 0 Å². The number of ether oxygens (including phenoxy) is 1. The van der Waals surface area contributed by atoms with E-state index in [9.17, 15) is 18.0 Å². The fraction of sp³-hybridized carbons (Fsp3) is 0.400. The van der Waals surface area contributed by atoms with Crippen LogP contribution < -0.4 is 19.8 Å². The molecule has 0 unspecified atom stereocenters. The van der Waals surface area contributed by atoms with Crippen LogP contribution in [0, 0.1) is 0 Å². The van der Waals surface area contributed by atoms with Gasteiger partial charge in [-0.25, -0.2) is 18.4 Å². The number of nitrogens with zero attached hydrogens (tertiary/aromatic N) is 4. The first kappa shape index (κ1) is 30.9. The lowest BCUT2D eigenvalue weighted by molar-refractivity contribution is -0.156. The highest BCUT2D eigenvalue weighted by atomic mass is 32.2. The van der Waals surface area contributed by atoms with Crippen LogP contribution in [0.15, 0.2) is 78.0 Å². The van der Waals surface area contributed by atoms with Gasteiger partial charge in [-0.3, -0.25) is 9.59 Å². The Labute approximate surface area is 247 Å². The van der Waals surface area contributed by atoms with Crippen LogP contribution in [0.25, 0.3) is 0 Å². The monoisotopic (exact) mass is 594 g/mol. The molecule has 1 saturated heterocycles. The second kappa shape index (κ2) is 12.9. The molecule has 2 heterocycles. The van der Waals surface area contributed by atoms with Crippen molar-refractivity contribution in [1.82, 2.24) is 20.0 Å². The van der Waals surface area contributed by atoms with Gasteiger partial charge >= 0.3 is 5.97 Å². The first-order chi connectivity index (χ1) is 19.8. The molecule has 1 aromatic heterocycles. The van der Waals surface area contributed by atoms with Crippen LogP contribution in [0.4, 0.5) is 11.6 Å². The first-order valence-corrected chi connectivity index (χ1v) is 15.3. The second-order valence-corrected chi connectivity index (χ2v) is 13.1. The standard InChI is InChI=1S/C30H38N6O5S/c1-21-19-35(20-22(2)36(21)29-31-16-9-17-32-29)24-14-12-23(13-15-24)27(37)33-18-26(28(38)41-30(3,4)5)34-42(39,40)25-10-7-6-8-11-25/h6-17,21-22,26,34H,18-20H2,1-5H3,(H,33,37)/t21-,22+,26-/m0/s1. The van der Waals surface area contributed by atoms with Crippen molar-refractivity contribution in [2.45, 2.75) is 63.2 Å². The molecule has 42 heavy (non-hydrogen) atoms. The van der Waals surface area contributed by atoms with Gasteiger partial charge in [0.2, 0.25) is 16.0 Å². The molecule has 4 rings (SSSR count). The van der Waals surface area contributed by atoms with Crippen LogP contribution in [0.1, 0.15) is 45.0 Å². The SMILES string of the molecule is C[C@@H]1CN(c2ccc(C(=O)NC[C@H](NS(=O)(=O)c3ccccc3)C(=O)OC(C)(C)C)cc2)C[C@H](C)N1c1ncccn1. The molecule has 2 aromatic carbocycles. The van der Waals surface area contributed by atoms with Gasteiger partial charge < -0.3 is 19.9 Å². The highest BCUT2D eigenvalue weighted by Gasteiger charge is 2.32. The number of piperazine rings is 1. The molecule has 2 N–H and O–H groups in total. The summed E-state index contributed by atoms with van der Waals surface area (Å²) in [6.45, 7) is 10.5. The molecule has 1 aliphatic heterocycles. The van der Waals surface area contributed by atoms with E-state index in [2.05, 4.69) is 43.7 Å². The lowest BCUT2D eigenvalue weighted by atomic mass is 10.1. The zero-order valence-corrected chi connectivity index (χ0v) is 25.3. The van der Waals surface area contributed by atoms with Gasteiger partial charge in [-0.1, -0.05) is 18.2 Å². The average Bonchev–Trinajstić information content (AvgIpc) is 2.95.